The third-order valence-corrected chi connectivity index (χ3v) is 5.50. The lowest BCUT2D eigenvalue weighted by molar-refractivity contribution is 0.104. The Morgan fingerprint density at radius 1 is 0.655 bits per heavy atom. The summed E-state index contributed by atoms with van der Waals surface area (Å²) in [5, 5.41) is 0. The van der Waals surface area contributed by atoms with Crippen molar-refractivity contribution in [2.75, 3.05) is 6.61 Å². The van der Waals surface area contributed by atoms with E-state index in [1.807, 2.05) is 103 Å². The minimum atomic E-state index is -3.70. The zero-order valence-corrected chi connectivity index (χ0v) is 17.1. The molecule has 0 heterocycles. The van der Waals surface area contributed by atoms with E-state index in [2.05, 4.69) is 0 Å². The zero-order valence-electron chi connectivity index (χ0n) is 16.2. The summed E-state index contributed by atoms with van der Waals surface area (Å²) < 4.78 is 29.9. The van der Waals surface area contributed by atoms with Gasteiger partial charge in [0.1, 0.15) is 0 Å². The van der Waals surface area contributed by atoms with Gasteiger partial charge in [0, 0.05) is 0 Å². The van der Waals surface area contributed by atoms with E-state index < -0.39 is 7.82 Å². The molecule has 0 saturated carbocycles. The molecule has 0 aliphatic heterocycles. The summed E-state index contributed by atoms with van der Waals surface area (Å²) in [4.78, 5) is 0. The van der Waals surface area contributed by atoms with E-state index in [1.54, 1.807) is 0 Å². The fourth-order valence-corrected chi connectivity index (χ4v) is 3.75. The second-order valence-electron chi connectivity index (χ2n) is 6.40. The van der Waals surface area contributed by atoms with E-state index in [-0.39, 0.29) is 19.8 Å². The van der Waals surface area contributed by atoms with Crippen molar-refractivity contribution in [3.05, 3.63) is 114 Å². The van der Waals surface area contributed by atoms with Crippen LogP contribution in [0.2, 0.25) is 0 Å². The monoisotopic (exact) mass is 408 g/mol. The first kappa shape index (κ1) is 21.2. The highest BCUT2D eigenvalue weighted by molar-refractivity contribution is 7.48. The van der Waals surface area contributed by atoms with E-state index in [0.717, 1.165) is 16.7 Å². The van der Waals surface area contributed by atoms with Crippen LogP contribution in [0.1, 0.15) is 23.1 Å². The minimum absolute atomic E-state index is 0.159. The van der Waals surface area contributed by atoms with Crippen molar-refractivity contribution >= 4 is 13.9 Å². The Kier molecular flexibility index (Phi) is 8.41. The molecule has 3 rings (SSSR count). The highest BCUT2D eigenvalue weighted by Crippen LogP contribution is 2.51. The first-order valence-corrected chi connectivity index (χ1v) is 11.0. The van der Waals surface area contributed by atoms with Crippen molar-refractivity contribution in [1.29, 1.82) is 0 Å². The van der Waals surface area contributed by atoms with Gasteiger partial charge in [0.05, 0.1) is 19.8 Å². The Labute approximate surface area is 172 Å². The molecular weight excluding hydrogens is 383 g/mol. The lowest BCUT2D eigenvalue weighted by Crippen LogP contribution is -2.02. The van der Waals surface area contributed by atoms with Gasteiger partial charge in [-0.2, -0.15) is 0 Å². The van der Waals surface area contributed by atoms with E-state index in [4.69, 9.17) is 13.6 Å². The van der Waals surface area contributed by atoms with Crippen LogP contribution in [-0.2, 0) is 31.4 Å². The molecule has 4 nitrogen and oxygen atoms in total. The second kappa shape index (κ2) is 11.5. The second-order valence-corrected chi connectivity index (χ2v) is 8.07. The molecule has 0 radical (unpaired) electrons. The van der Waals surface area contributed by atoms with Crippen LogP contribution in [0.4, 0.5) is 0 Å². The van der Waals surface area contributed by atoms with Crippen LogP contribution in [0.5, 0.6) is 0 Å². The van der Waals surface area contributed by atoms with Gasteiger partial charge in [0.25, 0.3) is 0 Å². The number of phosphoric ester groups is 1. The maximum atomic E-state index is 13.1. The average molecular weight is 408 g/mol. The Balaban J connectivity index is 1.55. The highest BCUT2D eigenvalue weighted by atomic mass is 31.2. The van der Waals surface area contributed by atoms with E-state index in [1.165, 1.54) is 0 Å². The summed E-state index contributed by atoms with van der Waals surface area (Å²) in [5.74, 6) is 0. The first-order chi connectivity index (χ1) is 14.2. The number of rotatable bonds is 11. The molecule has 0 aliphatic carbocycles. The predicted molar refractivity (Wildman–Crippen MR) is 116 cm³/mol. The summed E-state index contributed by atoms with van der Waals surface area (Å²) >= 11 is 0. The molecule has 0 unspecified atom stereocenters. The Hall–Kier alpha value is -2.49. The molecule has 0 N–H and O–H groups in total. The normalized spacial score (nSPS) is 11.7. The highest BCUT2D eigenvalue weighted by Gasteiger charge is 2.26. The van der Waals surface area contributed by atoms with Gasteiger partial charge in [-0.15, -0.1) is 0 Å². The van der Waals surface area contributed by atoms with Crippen molar-refractivity contribution in [3.8, 4) is 0 Å². The fourth-order valence-electron chi connectivity index (χ4n) is 2.58. The van der Waals surface area contributed by atoms with Gasteiger partial charge in [-0.3, -0.25) is 13.6 Å². The molecule has 0 bridgehead atoms. The van der Waals surface area contributed by atoms with Crippen LogP contribution in [0.25, 0.3) is 6.08 Å². The maximum absolute atomic E-state index is 13.1. The molecular formula is C24H25O4P. The van der Waals surface area contributed by atoms with Gasteiger partial charge in [-0.25, -0.2) is 4.57 Å². The first-order valence-electron chi connectivity index (χ1n) is 9.57. The van der Waals surface area contributed by atoms with Crippen LogP contribution in [0.15, 0.2) is 97.1 Å². The fraction of sp³-hybridized carbons (Fsp3) is 0.167. The van der Waals surface area contributed by atoms with Crippen molar-refractivity contribution in [2.45, 2.75) is 19.6 Å². The average Bonchev–Trinajstić information content (AvgIpc) is 2.78. The van der Waals surface area contributed by atoms with Crippen LogP contribution in [0, 0.1) is 0 Å². The largest absolute Gasteiger partial charge is 0.475 e. The predicted octanol–water partition coefficient (Wildman–Crippen LogP) is 6.65. The van der Waals surface area contributed by atoms with Crippen LogP contribution in [-0.4, -0.2) is 6.61 Å². The Morgan fingerprint density at radius 2 is 1.14 bits per heavy atom. The summed E-state index contributed by atoms with van der Waals surface area (Å²) in [6, 6.07) is 29.1. The number of hydrogen-bond acceptors (Lipinski definition) is 4. The van der Waals surface area contributed by atoms with Crippen molar-refractivity contribution < 1.29 is 18.1 Å². The molecule has 5 heteroatoms. The third-order valence-electron chi connectivity index (χ3n) is 4.11. The van der Waals surface area contributed by atoms with Gasteiger partial charge in [-0.05, 0) is 23.1 Å². The minimum Gasteiger partial charge on any atom is -0.287 e. The molecule has 3 aromatic carbocycles. The lowest BCUT2D eigenvalue weighted by Gasteiger charge is -2.18. The van der Waals surface area contributed by atoms with E-state index >= 15 is 0 Å². The summed E-state index contributed by atoms with van der Waals surface area (Å²) in [6.45, 7) is 0.559. The molecule has 0 spiro atoms. The van der Waals surface area contributed by atoms with Gasteiger partial charge < -0.3 is 0 Å². The lowest BCUT2D eigenvalue weighted by atomic mass is 10.2. The topological polar surface area (TPSA) is 44.8 Å². The van der Waals surface area contributed by atoms with Crippen LogP contribution >= 0.6 is 7.82 Å². The number of benzene rings is 3. The molecule has 0 fully saturated rings. The number of phosphoric acid groups is 1. The van der Waals surface area contributed by atoms with Crippen molar-refractivity contribution in [3.63, 3.8) is 0 Å². The van der Waals surface area contributed by atoms with Crippen LogP contribution in [0.3, 0.4) is 0 Å². The van der Waals surface area contributed by atoms with Gasteiger partial charge in [0.15, 0.2) is 0 Å². The summed E-state index contributed by atoms with van der Waals surface area (Å²) in [5.41, 5.74) is 2.92. The molecule has 0 atom stereocenters. The van der Waals surface area contributed by atoms with E-state index in [0.29, 0.717) is 6.42 Å². The molecule has 29 heavy (non-hydrogen) atoms. The summed E-state index contributed by atoms with van der Waals surface area (Å²) in [6.07, 6.45) is 4.58. The molecule has 0 aliphatic rings. The summed E-state index contributed by atoms with van der Waals surface area (Å²) in [7, 11) is -3.70. The van der Waals surface area contributed by atoms with Crippen molar-refractivity contribution in [2.24, 2.45) is 0 Å². The molecule has 0 aromatic heterocycles. The third kappa shape index (κ3) is 7.80. The standard InChI is InChI=1S/C24H25O4P/c25-29(27-20-23-15-6-2-7-16-23,28-21-24-17-8-3-9-18-24)26-19-11-10-14-22-12-4-1-5-13-22/h1-10,12-18H,11,19-21H2/b14-10+. The number of hydrogen-bond donors (Lipinski definition) is 0. The molecule has 3 aromatic rings. The van der Waals surface area contributed by atoms with Gasteiger partial charge in [0.2, 0.25) is 0 Å². The van der Waals surface area contributed by atoms with E-state index in [9.17, 15) is 4.57 Å². The zero-order chi connectivity index (χ0) is 20.2. The van der Waals surface area contributed by atoms with Gasteiger partial charge >= 0.3 is 7.82 Å². The van der Waals surface area contributed by atoms with Gasteiger partial charge in [-0.1, -0.05) is 103 Å². The van der Waals surface area contributed by atoms with Crippen molar-refractivity contribution in [1.82, 2.24) is 0 Å². The maximum Gasteiger partial charge on any atom is 0.475 e. The molecule has 0 amide bonds. The Morgan fingerprint density at radius 3 is 1.66 bits per heavy atom. The smallest absolute Gasteiger partial charge is 0.287 e. The SMILES string of the molecule is O=P(OCC/C=C/c1ccccc1)(OCc1ccccc1)OCc1ccccc1. The molecule has 150 valence electrons. The molecule has 0 saturated heterocycles. The quantitative estimate of drug-likeness (QED) is 0.263. The Bertz CT molecular complexity index is 864. The van der Waals surface area contributed by atoms with Crippen LogP contribution < -0.4 is 0 Å².